The molecule has 1 unspecified atom stereocenters. The monoisotopic (exact) mass is 440 g/mol. The van der Waals surface area contributed by atoms with E-state index >= 15 is 0 Å². The fraction of sp³-hybridized carbons (Fsp3) is 0.773. The number of nitrogens with one attached hydrogen (secondary N) is 1. The van der Waals surface area contributed by atoms with Crippen molar-refractivity contribution in [2.75, 3.05) is 24.4 Å². The number of thiocarbonyl (C=S) groups is 1. The number of nitrogens with two attached hydrogens (primary N) is 1. The molecule has 0 saturated heterocycles. The van der Waals surface area contributed by atoms with Crippen LogP contribution < -0.4 is 15.8 Å². The average molecular weight is 441 g/mol. The second kappa shape index (κ2) is 15.7. The van der Waals surface area contributed by atoms with Crippen LogP contribution in [0.4, 0.5) is 11.6 Å². The molecule has 0 fully saturated rings. The summed E-state index contributed by atoms with van der Waals surface area (Å²) in [5.41, 5.74) is 6.54. The molecule has 5 nitrogen and oxygen atoms in total. The van der Waals surface area contributed by atoms with Gasteiger partial charge in [-0.05, 0) is 19.1 Å². The standard InChI is InChI=1S/C22H40N4OS2/c1-5-7-9-11-12-14-16-17(15-13-10-8-6-2)20(28)24-18-19(27-3)25-22(23)26-21(18)29-4/h17H,5-16H2,1-4H3,(H,24,28)(H2,23,25,26). The smallest absolute Gasteiger partial charge is 0.243 e. The lowest BCUT2D eigenvalue weighted by molar-refractivity contribution is 0.398. The summed E-state index contributed by atoms with van der Waals surface area (Å²) in [5, 5.41) is 4.18. The van der Waals surface area contributed by atoms with Crippen LogP contribution in [0.2, 0.25) is 0 Å². The molecule has 7 heteroatoms. The van der Waals surface area contributed by atoms with Crippen molar-refractivity contribution in [1.82, 2.24) is 9.97 Å². The molecule has 3 N–H and O–H groups in total. The number of aromatic nitrogens is 2. The summed E-state index contributed by atoms with van der Waals surface area (Å²) in [7, 11) is 1.60. The van der Waals surface area contributed by atoms with Crippen LogP contribution in [0.25, 0.3) is 0 Å². The number of nitrogen functional groups attached to an aromatic ring is 1. The number of rotatable bonds is 16. The van der Waals surface area contributed by atoms with Gasteiger partial charge in [0.25, 0.3) is 0 Å². The molecule has 0 aliphatic heterocycles. The predicted molar refractivity (Wildman–Crippen MR) is 131 cm³/mol. The van der Waals surface area contributed by atoms with Gasteiger partial charge in [0.2, 0.25) is 11.8 Å². The number of nitrogens with zero attached hydrogens (tertiary/aromatic N) is 2. The summed E-state index contributed by atoms with van der Waals surface area (Å²) in [6.45, 7) is 4.51. The predicted octanol–water partition coefficient (Wildman–Crippen LogP) is 6.87. The molecule has 0 bridgehead atoms. The molecule has 29 heavy (non-hydrogen) atoms. The van der Waals surface area contributed by atoms with E-state index < -0.39 is 0 Å². The van der Waals surface area contributed by atoms with E-state index in [0.717, 1.165) is 28.5 Å². The summed E-state index contributed by atoms with van der Waals surface area (Å²) < 4.78 is 5.43. The molecule has 0 saturated carbocycles. The minimum Gasteiger partial charge on any atom is -0.479 e. The Morgan fingerprint density at radius 3 is 2.10 bits per heavy atom. The summed E-state index contributed by atoms with van der Waals surface area (Å²) in [5.74, 6) is 1.05. The third-order valence-electron chi connectivity index (χ3n) is 5.18. The Morgan fingerprint density at radius 1 is 1.00 bits per heavy atom. The Kier molecular flexibility index (Phi) is 14.1. The lowest BCUT2D eigenvalue weighted by Crippen LogP contribution is -2.22. The van der Waals surface area contributed by atoms with Crippen LogP contribution in [0.5, 0.6) is 5.88 Å². The molecule has 0 amide bonds. The van der Waals surface area contributed by atoms with Gasteiger partial charge in [0, 0.05) is 5.92 Å². The molecule has 1 heterocycles. The third-order valence-corrected chi connectivity index (χ3v) is 6.30. The SMILES string of the molecule is CCCCCCCCC(CCCCCC)C(=S)Nc1c(OC)nc(N)nc1SC. The zero-order chi connectivity index (χ0) is 21.5. The fourth-order valence-corrected chi connectivity index (χ4v) is 4.32. The van der Waals surface area contributed by atoms with E-state index in [1.165, 1.54) is 76.0 Å². The van der Waals surface area contributed by atoms with Crippen molar-refractivity contribution in [1.29, 1.82) is 0 Å². The van der Waals surface area contributed by atoms with E-state index in [2.05, 4.69) is 29.1 Å². The highest BCUT2D eigenvalue weighted by atomic mass is 32.2. The maximum atomic E-state index is 5.84. The van der Waals surface area contributed by atoms with Crippen molar-refractivity contribution in [2.24, 2.45) is 5.92 Å². The van der Waals surface area contributed by atoms with Gasteiger partial charge in [0.1, 0.15) is 10.7 Å². The van der Waals surface area contributed by atoms with Gasteiger partial charge in [-0.1, -0.05) is 90.3 Å². The van der Waals surface area contributed by atoms with Gasteiger partial charge in [0.15, 0.2) is 0 Å². The van der Waals surface area contributed by atoms with Crippen LogP contribution in [0, 0.1) is 5.92 Å². The molecule has 1 rings (SSSR count). The molecular weight excluding hydrogens is 400 g/mol. The summed E-state index contributed by atoms with van der Waals surface area (Å²) in [4.78, 5) is 9.41. The number of thioether (sulfide) groups is 1. The van der Waals surface area contributed by atoms with Crippen LogP contribution in [0.1, 0.15) is 90.9 Å². The molecule has 0 spiro atoms. The molecule has 1 aromatic heterocycles. The van der Waals surface area contributed by atoms with Crippen molar-refractivity contribution in [3.05, 3.63) is 0 Å². The van der Waals surface area contributed by atoms with E-state index in [9.17, 15) is 0 Å². The Bertz CT molecular complexity index is 573. The second-order valence-corrected chi connectivity index (χ2v) is 8.80. The van der Waals surface area contributed by atoms with Crippen LogP contribution >= 0.6 is 24.0 Å². The van der Waals surface area contributed by atoms with Gasteiger partial charge >= 0.3 is 0 Å². The molecular formula is C22H40N4OS2. The van der Waals surface area contributed by atoms with Gasteiger partial charge in [-0.3, -0.25) is 0 Å². The van der Waals surface area contributed by atoms with E-state index in [-0.39, 0.29) is 5.95 Å². The zero-order valence-corrected chi connectivity index (χ0v) is 20.4. The highest BCUT2D eigenvalue weighted by Crippen LogP contribution is 2.33. The number of anilines is 2. The van der Waals surface area contributed by atoms with Crippen molar-refractivity contribution < 1.29 is 4.74 Å². The third kappa shape index (κ3) is 9.98. The summed E-state index contributed by atoms with van der Waals surface area (Å²) >= 11 is 7.35. The molecule has 1 aromatic rings. The van der Waals surface area contributed by atoms with Gasteiger partial charge in [-0.25, -0.2) is 4.98 Å². The summed E-state index contributed by atoms with van der Waals surface area (Å²) in [6.07, 6.45) is 17.1. The van der Waals surface area contributed by atoms with Gasteiger partial charge < -0.3 is 15.8 Å². The van der Waals surface area contributed by atoms with Gasteiger partial charge in [-0.15, -0.1) is 11.8 Å². The van der Waals surface area contributed by atoms with Crippen molar-refractivity contribution >= 4 is 40.6 Å². The Balaban J connectivity index is 2.76. The lowest BCUT2D eigenvalue weighted by Gasteiger charge is -2.21. The summed E-state index contributed by atoms with van der Waals surface area (Å²) in [6, 6.07) is 0. The molecule has 0 aromatic carbocycles. The first-order chi connectivity index (χ1) is 14.1. The molecule has 0 radical (unpaired) electrons. The van der Waals surface area contributed by atoms with Crippen LogP contribution in [-0.4, -0.2) is 28.3 Å². The van der Waals surface area contributed by atoms with E-state index in [1.54, 1.807) is 7.11 Å². The highest BCUT2D eigenvalue weighted by molar-refractivity contribution is 7.98. The highest BCUT2D eigenvalue weighted by Gasteiger charge is 2.20. The Hall–Kier alpha value is -1.08. The fourth-order valence-electron chi connectivity index (χ4n) is 3.46. The number of hydrogen-bond donors (Lipinski definition) is 2. The first-order valence-electron chi connectivity index (χ1n) is 11.1. The van der Waals surface area contributed by atoms with Crippen molar-refractivity contribution in [3.63, 3.8) is 0 Å². The Morgan fingerprint density at radius 2 is 1.55 bits per heavy atom. The zero-order valence-electron chi connectivity index (χ0n) is 18.8. The van der Waals surface area contributed by atoms with Crippen LogP contribution in [-0.2, 0) is 0 Å². The van der Waals surface area contributed by atoms with Crippen molar-refractivity contribution in [2.45, 2.75) is 95.9 Å². The van der Waals surface area contributed by atoms with E-state index in [0.29, 0.717) is 11.8 Å². The van der Waals surface area contributed by atoms with Gasteiger partial charge in [0.05, 0.1) is 12.1 Å². The van der Waals surface area contributed by atoms with Crippen LogP contribution in [0.3, 0.4) is 0 Å². The van der Waals surface area contributed by atoms with Gasteiger partial charge in [-0.2, -0.15) is 4.98 Å². The molecule has 1 atom stereocenters. The van der Waals surface area contributed by atoms with Crippen LogP contribution in [0.15, 0.2) is 5.03 Å². The normalized spacial score (nSPS) is 12.0. The molecule has 0 aliphatic rings. The first-order valence-corrected chi connectivity index (χ1v) is 12.8. The van der Waals surface area contributed by atoms with E-state index in [1.807, 2.05) is 6.26 Å². The number of unbranched alkanes of at least 4 members (excludes halogenated alkanes) is 8. The number of hydrogen-bond acceptors (Lipinski definition) is 6. The topological polar surface area (TPSA) is 73.1 Å². The molecule has 166 valence electrons. The second-order valence-electron chi connectivity index (χ2n) is 7.57. The average Bonchev–Trinajstić information content (AvgIpc) is 2.72. The van der Waals surface area contributed by atoms with E-state index in [4.69, 9.17) is 22.7 Å². The minimum atomic E-state index is 0.214. The number of methoxy groups -OCH3 is 1. The molecule has 0 aliphatic carbocycles. The lowest BCUT2D eigenvalue weighted by atomic mass is 9.94. The largest absolute Gasteiger partial charge is 0.479 e. The maximum absolute atomic E-state index is 5.84. The minimum absolute atomic E-state index is 0.214. The quantitative estimate of drug-likeness (QED) is 0.126. The Labute approximate surface area is 187 Å². The number of ether oxygens (including phenoxy) is 1. The van der Waals surface area contributed by atoms with Crippen molar-refractivity contribution in [3.8, 4) is 5.88 Å². The first kappa shape index (κ1) is 26.0. The maximum Gasteiger partial charge on any atom is 0.243 e.